The van der Waals surface area contributed by atoms with Gasteiger partial charge in [-0.25, -0.2) is 27.5 Å². The van der Waals surface area contributed by atoms with Gasteiger partial charge in [0.05, 0.1) is 6.20 Å². The lowest BCUT2D eigenvalue weighted by Gasteiger charge is -2.32. The van der Waals surface area contributed by atoms with Crippen LogP contribution in [-0.2, 0) is 12.5 Å². The van der Waals surface area contributed by atoms with Crippen molar-refractivity contribution in [3.05, 3.63) is 35.8 Å². The molecule has 11 heteroatoms. The topological polar surface area (TPSA) is 62.1 Å². The minimum atomic E-state index is -3.16. The quantitative estimate of drug-likeness (QED) is 0.459. The Morgan fingerprint density at radius 1 is 1.16 bits per heavy atom. The van der Waals surface area contributed by atoms with Crippen LogP contribution < -0.4 is 9.47 Å². The molecule has 0 unspecified atom stereocenters. The van der Waals surface area contributed by atoms with Gasteiger partial charge in [0.1, 0.15) is 17.2 Å². The highest BCUT2D eigenvalue weighted by molar-refractivity contribution is 7.99. The van der Waals surface area contributed by atoms with Crippen molar-refractivity contribution in [2.45, 2.75) is 38.0 Å². The number of fused-ring (bicyclic) bond motifs is 1. The number of alkyl halides is 2. The fourth-order valence-corrected chi connectivity index (χ4v) is 5.01. The lowest BCUT2D eigenvalue weighted by Crippen LogP contribution is -2.30. The van der Waals surface area contributed by atoms with Gasteiger partial charge in [0, 0.05) is 31.5 Å². The number of halogens is 4. The Morgan fingerprint density at radius 3 is 2.56 bits per heavy atom. The van der Waals surface area contributed by atoms with Gasteiger partial charge in [0.15, 0.2) is 23.8 Å². The minimum absolute atomic E-state index is 0.150. The summed E-state index contributed by atoms with van der Waals surface area (Å²) < 4.78 is 66.9. The molecule has 3 aromatic rings. The van der Waals surface area contributed by atoms with E-state index in [9.17, 15) is 17.6 Å². The van der Waals surface area contributed by atoms with Crippen molar-refractivity contribution in [3.8, 4) is 17.5 Å². The third-order valence-electron chi connectivity index (χ3n) is 5.36. The summed E-state index contributed by atoms with van der Waals surface area (Å²) >= 11 is 1.89. The van der Waals surface area contributed by atoms with Gasteiger partial charge in [-0.15, -0.1) is 0 Å². The maximum Gasteiger partial charge on any atom is 0.278 e. The summed E-state index contributed by atoms with van der Waals surface area (Å²) in [6, 6.07) is 2.04. The molecule has 0 saturated carbocycles. The largest absolute Gasteiger partial charge is 0.482 e. The zero-order valence-corrected chi connectivity index (χ0v) is 18.6. The van der Waals surface area contributed by atoms with Crippen molar-refractivity contribution >= 4 is 22.9 Å². The Labute approximate surface area is 186 Å². The molecule has 3 aromatic heterocycles. The van der Waals surface area contributed by atoms with Gasteiger partial charge in [-0.1, -0.05) is 6.92 Å². The fraction of sp³-hybridized carbons (Fsp3) is 0.476. The lowest BCUT2D eigenvalue weighted by molar-refractivity contribution is -0.0236. The van der Waals surface area contributed by atoms with Crippen LogP contribution >= 0.6 is 11.8 Å². The highest BCUT2D eigenvalue weighted by atomic mass is 32.2. The van der Waals surface area contributed by atoms with Crippen LogP contribution in [0.3, 0.4) is 0 Å². The molecule has 0 radical (unpaired) electrons. The summed E-state index contributed by atoms with van der Waals surface area (Å²) in [5.74, 6) is -3.14. The first-order chi connectivity index (χ1) is 15.1. The van der Waals surface area contributed by atoms with Gasteiger partial charge in [0.2, 0.25) is 0 Å². The number of aromatic nitrogens is 4. The summed E-state index contributed by atoms with van der Waals surface area (Å²) in [6.45, 7) is 1.77. The molecule has 6 nitrogen and oxygen atoms in total. The van der Waals surface area contributed by atoms with E-state index >= 15 is 0 Å². The standard InChI is InChI=1S/C21H22F4N4O2S/c1-20(4-6-32-7-5-20)19-27-14-9-13(23)17(28-16(14)29(19)3)31-18-15(8-12(22)10-26-18)30-11-21(2,24)25/h8-10H,4-7,11H2,1-3H3. The minimum Gasteiger partial charge on any atom is -0.482 e. The van der Waals surface area contributed by atoms with Crippen LogP contribution in [0.4, 0.5) is 17.6 Å². The van der Waals surface area contributed by atoms with Gasteiger partial charge in [-0.05, 0) is 24.3 Å². The summed E-state index contributed by atoms with van der Waals surface area (Å²) in [6.07, 6.45) is 2.71. The zero-order valence-electron chi connectivity index (χ0n) is 17.8. The molecular formula is C21H22F4N4O2S. The molecule has 0 N–H and O–H groups in total. The molecule has 32 heavy (non-hydrogen) atoms. The molecule has 1 fully saturated rings. The zero-order chi connectivity index (χ0) is 23.1. The molecule has 1 aliphatic rings. The van der Waals surface area contributed by atoms with Crippen molar-refractivity contribution in [2.75, 3.05) is 18.1 Å². The van der Waals surface area contributed by atoms with Crippen LogP contribution in [-0.4, -0.2) is 43.6 Å². The second-order valence-electron chi connectivity index (χ2n) is 8.20. The number of nitrogens with zero attached hydrogens (tertiary/aromatic N) is 4. The number of rotatable bonds is 6. The Balaban J connectivity index is 1.69. The van der Waals surface area contributed by atoms with E-state index in [0.29, 0.717) is 18.1 Å². The lowest BCUT2D eigenvalue weighted by atomic mass is 9.83. The fourth-order valence-electron chi connectivity index (χ4n) is 3.61. The van der Waals surface area contributed by atoms with Crippen LogP contribution in [0, 0.1) is 11.6 Å². The molecule has 0 spiro atoms. The number of hydrogen-bond donors (Lipinski definition) is 0. The van der Waals surface area contributed by atoms with E-state index in [0.717, 1.165) is 42.4 Å². The Bertz CT molecular complexity index is 1140. The highest BCUT2D eigenvalue weighted by Gasteiger charge is 2.34. The molecule has 0 amide bonds. The summed E-state index contributed by atoms with van der Waals surface area (Å²) in [4.78, 5) is 12.6. The van der Waals surface area contributed by atoms with E-state index in [1.165, 1.54) is 6.07 Å². The predicted octanol–water partition coefficient (Wildman–Crippen LogP) is 5.25. The van der Waals surface area contributed by atoms with Gasteiger partial charge >= 0.3 is 0 Å². The number of imidazole rings is 1. The SMILES string of the molecule is Cn1c(C2(C)CCSCC2)nc2cc(F)c(Oc3ncc(F)cc3OCC(C)(F)F)nc21. The van der Waals surface area contributed by atoms with Crippen LogP contribution in [0.15, 0.2) is 18.3 Å². The average molecular weight is 470 g/mol. The number of ether oxygens (including phenoxy) is 2. The first-order valence-electron chi connectivity index (χ1n) is 10.0. The molecule has 1 aliphatic heterocycles. The Kier molecular flexibility index (Phi) is 5.95. The maximum atomic E-state index is 14.8. The Hall–Kier alpha value is -2.56. The van der Waals surface area contributed by atoms with E-state index < -0.39 is 30.0 Å². The van der Waals surface area contributed by atoms with Gasteiger partial charge in [0.25, 0.3) is 17.7 Å². The van der Waals surface area contributed by atoms with Gasteiger partial charge in [-0.2, -0.15) is 16.7 Å². The summed E-state index contributed by atoms with van der Waals surface area (Å²) in [5, 5.41) is 0. The monoisotopic (exact) mass is 470 g/mol. The van der Waals surface area contributed by atoms with Crippen molar-refractivity contribution in [2.24, 2.45) is 7.05 Å². The Morgan fingerprint density at radius 2 is 1.88 bits per heavy atom. The first-order valence-corrected chi connectivity index (χ1v) is 11.2. The normalized spacial score (nSPS) is 16.3. The van der Waals surface area contributed by atoms with Crippen LogP contribution in [0.5, 0.6) is 17.5 Å². The van der Waals surface area contributed by atoms with Gasteiger partial charge < -0.3 is 14.0 Å². The van der Waals surface area contributed by atoms with Crippen molar-refractivity contribution < 1.29 is 27.0 Å². The van der Waals surface area contributed by atoms with Crippen LogP contribution in [0.25, 0.3) is 11.2 Å². The predicted molar refractivity (Wildman–Crippen MR) is 113 cm³/mol. The van der Waals surface area contributed by atoms with Crippen LogP contribution in [0.1, 0.15) is 32.5 Å². The third kappa shape index (κ3) is 4.62. The molecular weight excluding hydrogens is 448 g/mol. The summed E-state index contributed by atoms with van der Waals surface area (Å²) in [7, 11) is 1.81. The van der Waals surface area contributed by atoms with Crippen molar-refractivity contribution in [1.29, 1.82) is 0 Å². The smallest absolute Gasteiger partial charge is 0.278 e. The second kappa shape index (κ2) is 8.42. The van der Waals surface area contributed by atoms with E-state index in [1.807, 2.05) is 16.3 Å². The van der Waals surface area contributed by atoms with E-state index in [-0.39, 0.29) is 17.0 Å². The van der Waals surface area contributed by atoms with E-state index in [4.69, 9.17) is 9.47 Å². The number of aryl methyl sites for hydroxylation is 1. The molecule has 4 heterocycles. The molecule has 4 rings (SSSR count). The van der Waals surface area contributed by atoms with E-state index in [2.05, 4.69) is 21.9 Å². The maximum absolute atomic E-state index is 14.8. The number of thioether (sulfide) groups is 1. The average Bonchev–Trinajstić information content (AvgIpc) is 3.04. The van der Waals surface area contributed by atoms with Crippen LogP contribution in [0.2, 0.25) is 0 Å². The van der Waals surface area contributed by atoms with Crippen molar-refractivity contribution in [1.82, 2.24) is 19.5 Å². The molecule has 0 aromatic carbocycles. The molecule has 0 bridgehead atoms. The third-order valence-corrected chi connectivity index (χ3v) is 6.35. The van der Waals surface area contributed by atoms with Gasteiger partial charge in [-0.3, -0.25) is 0 Å². The summed E-state index contributed by atoms with van der Waals surface area (Å²) in [5.41, 5.74) is 0.629. The second-order valence-corrected chi connectivity index (χ2v) is 9.43. The molecule has 1 saturated heterocycles. The highest BCUT2D eigenvalue weighted by Crippen LogP contribution is 2.39. The number of hydrogen-bond acceptors (Lipinski definition) is 6. The van der Waals surface area contributed by atoms with Crippen molar-refractivity contribution in [3.63, 3.8) is 0 Å². The van der Waals surface area contributed by atoms with E-state index in [1.54, 1.807) is 7.05 Å². The first kappa shape index (κ1) is 22.6. The molecule has 0 atom stereocenters. The molecule has 172 valence electrons. The number of pyridine rings is 2. The molecule has 0 aliphatic carbocycles.